The summed E-state index contributed by atoms with van der Waals surface area (Å²) in [4.78, 5) is 2.23. The average molecular weight is 129 g/mol. The van der Waals surface area contributed by atoms with Gasteiger partial charge in [0.2, 0.25) is 0 Å². The van der Waals surface area contributed by atoms with Gasteiger partial charge in [0.1, 0.15) is 0 Å². The van der Waals surface area contributed by atoms with E-state index < -0.39 is 0 Å². The maximum atomic E-state index is 9.16. The van der Waals surface area contributed by atoms with E-state index in [0.29, 0.717) is 6.04 Å². The van der Waals surface area contributed by atoms with E-state index >= 15 is 0 Å². The van der Waals surface area contributed by atoms with Crippen molar-refractivity contribution in [2.75, 3.05) is 13.6 Å². The summed E-state index contributed by atoms with van der Waals surface area (Å²) >= 11 is 0. The van der Waals surface area contributed by atoms with Gasteiger partial charge in [-0.3, -0.25) is 0 Å². The van der Waals surface area contributed by atoms with E-state index in [9.17, 15) is 0 Å². The van der Waals surface area contributed by atoms with E-state index in [1.54, 1.807) is 0 Å². The summed E-state index contributed by atoms with van der Waals surface area (Å²) in [6, 6.07) is 0.625. The van der Waals surface area contributed by atoms with Crippen molar-refractivity contribution in [2.24, 2.45) is 0 Å². The molecule has 1 fully saturated rings. The number of hydrogen-bond donors (Lipinski definition) is 1. The molecule has 0 unspecified atom stereocenters. The Hall–Kier alpha value is -0.0800. The van der Waals surface area contributed by atoms with Gasteiger partial charge in [0, 0.05) is 12.6 Å². The molecule has 0 aromatic carbocycles. The smallest absolute Gasteiger partial charge is 0.0682 e. The highest BCUT2D eigenvalue weighted by Gasteiger charge is 2.25. The molecule has 0 aromatic heterocycles. The third kappa shape index (κ3) is 1.43. The molecule has 2 heteroatoms. The Balaban J connectivity index is 2.38. The van der Waals surface area contributed by atoms with E-state index in [0.717, 1.165) is 19.4 Å². The average Bonchev–Trinajstić information content (AvgIpc) is 2.10. The molecule has 54 valence electrons. The number of nitrogens with zero attached hydrogens (tertiary/aromatic N) is 1. The Bertz CT molecular complexity index is 94.9. The Kier molecular flexibility index (Phi) is 2.09. The first-order valence-electron chi connectivity index (χ1n) is 3.62. The first-order chi connectivity index (χ1) is 4.24. The first kappa shape index (κ1) is 7.03. The van der Waals surface area contributed by atoms with Crippen molar-refractivity contribution in [1.29, 1.82) is 0 Å². The van der Waals surface area contributed by atoms with E-state index in [4.69, 9.17) is 5.11 Å². The third-order valence-electron chi connectivity index (χ3n) is 2.14. The maximum absolute atomic E-state index is 9.16. The lowest BCUT2D eigenvalue weighted by Crippen LogP contribution is -2.24. The van der Waals surface area contributed by atoms with Crippen LogP contribution in [0.25, 0.3) is 0 Å². The number of aliphatic hydroxyl groups is 1. The lowest BCUT2D eigenvalue weighted by atomic mass is 10.1. The molecule has 2 atom stereocenters. The highest BCUT2D eigenvalue weighted by atomic mass is 16.3. The standard InChI is InChI=1S/C7H15NO/c1-3-6-4-7(9)5-8(6)2/h6-7,9H,3-5H2,1-2H3/t6-,7+/m1/s1. The van der Waals surface area contributed by atoms with Gasteiger partial charge < -0.3 is 10.0 Å². The van der Waals surface area contributed by atoms with Crippen molar-refractivity contribution in [3.05, 3.63) is 0 Å². The molecule has 0 amide bonds. The van der Waals surface area contributed by atoms with Gasteiger partial charge in [0.15, 0.2) is 0 Å². The van der Waals surface area contributed by atoms with Gasteiger partial charge in [-0.2, -0.15) is 0 Å². The molecule has 0 spiro atoms. The summed E-state index contributed by atoms with van der Waals surface area (Å²) in [5.74, 6) is 0. The number of rotatable bonds is 1. The predicted molar refractivity (Wildman–Crippen MR) is 37.3 cm³/mol. The van der Waals surface area contributed by atoms with Gasteiger partial charge in [0.25, 0.3) is 0 Å². The minimum atomic E-state index is -0.0695. The van der Waals surface area contributed by atoms with Gasteiger partial charge in [-0.05, 0) is 19.9 Å². The lowest BCUT2D eigenvalue weighted by molar-refractivity contribution is 0.182. The molecule has 0 radical (unpaired) electrons. The van der Waals surface area contributed by atoms with Crippen LogP contribution in [0.4, 0.5) is 0 Å². The van der Waals surface area contributed by atoms with Gasteiger partial charge >= 0.3 is 0 Å². The van der Waals surface area contributed by atoms with Crippen LogP contribution in [-0.2, 0) is 0 Å². The second-order valence-electron chi connectivity index (χ2n) is 2.89. The summed E-state index contributed by atoms with van der Waals surface area (Å²) in [6.07, 6.45) is 2.06. The minimum Gasteiger partial charge on any atom is -0.392 e. The molecule has 0 aliphatic carbocycles. The zero-order valence-corrected chi connectivity index (χ0v) is 6.17. The molecule has 1 aliphatic heterocycles. The summed E-state index contributed by atoms with van der Waals surface area (Å²) in [5, 5.41) is 9.16. The fourth-order valence-corrected chi connectivity index (χ4v) is 1.53. The van der Waals surface area contributed by atoms with Crippen molar-refractivity contribution in [3.63, 3.8) is 0 Å². The van der Waals surface area contributed by atoms with E-state index in [1.807, 2.05) is 0 Å². The summed E-state index contributed by atoms with van der Waals surface area (Å²) in [6.45, 7) is 3.03. The summed E-state index contributed by atoms with van der Waals surface area (Å²) in [7, 11) is 2.07. The van der Waals surface area contributed by atoms with E-state index in [2.05, 4.69) is 18.9 Å². The molecule has 0 saturated carbocycles. The van der Waals surface area contributed by atoms with Crippen LogP contribution in [0.1, 0.15) is 19.8 Å². The monoisotopic (exact) mass is 129 g/mol. The zero-order chi connectivity index (χ0) is 6.85. The number of likely N-dealkylation sites (N-methyl/N-ethyl adjacent to an activating group) is 1. The molecule has 9 heavy (non-hydrogen) atoms. The van der Waals surface area contributed by atoms with E-state index in [-0.39, 0.29) is 6.10 Å². The Morgan fingerprint density at radius 2 is 2.33 bits per heavy atom. The highest BCUT2D eigenvalue weighted by molar-refractivity contribution is 4.81. The lowest BCUT2D eigenvalue weighted by Gasteiger charge is -2.15. The molecule has 1 aliphatic rings. The molecular formula is C7H15NO. The predicted octanol–water partition coefficient (Wildman–Crippen LogP) is 0.461. The van der Waals surface area contributed by atoms with Gasteiger partial charge in [-0.1, -0.05) is 6.92 Å². The van der Waals surface area contributed by atoms with E-state index in [1.165, 1.54) is 0 Å². The van der Waals surface area contributed by atoms with Crippen LogP contribution < -0.4 is 0 Å². The SMILES string of the molecule is CC[C@@H]1C[C@H](O)CN1C. The number of β-amino-alcohol motifs (C(OH)–C–C–N with tert-alkyl or cyclic N) is 1. The van der Waals surface area contributed by atoms with Crippen LogP contribution in [0.3, 0.4) is 0 Å². The fourth-order valence-electron chi connectivity index (χ4n) is 1.53. The fraction of sp³-hybridized carbons (Fsp3) is 1.00. The largest absolute Gasteiger partial charge is 0.392 e. The zero-order valence-electron chi connectivity index (χ0n) is 6.17. The third-order valence-corrected chi connectivity index (χ3v) is 2.14. The van der Waals surface area contributed by atoms with Crippen molar-refractivity contribution in [3.8, 4) is 0 Å². The topological polar surface area (TPSA) is 23.5 Å². The second kappa shape index (κ2) is 2.67. The van der Waals surface area contributed by atoms with Crippen LogP contribution in [0.15, 0.2) is 0 Å². The van der Waals surface area contributed by atoms with Gasteiger partial charge in [-0.25, -0.2) is 0 Å². The molecule has 1 rings (SSSR count). The van der Waals surface area contributed by atoms with Crippen molar-refractivity contribution in [1.82, 2.24) is 4.90 Å². The molecule has 1 heterocycles. The minimum absolute atomic E-state index is 0.0695. The van der Waals surface area contributed by atoms with Gasteiger partial charge in [-0.15, -0.1) is 0 Å². The Morgan fingerprint density at radius 1 is 1.67 bits per heavy atom. The Labute approximate surface area is 56.5 Å². The summed E-state index contributed by atoms with van der Waals surface area (Å²) < 4.78 is 0. The van der Waals surface area contributed by atoms with Crippen molar-refractivity contribution >= 4 is 0 Å². The number of aliphatic hydroxyl groups excluding tert-OH is 1. The molecule has 0 bridgehead atoms. The van der Waals surface area contributed by atoms with Gasteiger partial charge in [0.05, 0.1) is 6.10 Å². The number of likely N-dealkylation sites (tertiary alicyclic amines) is 1. The quantitative estimate of drug-likeness (QED) is 0.556. The summed E-state index contributed by atoms with van der Waals surface area (Å²) in [5.41, 5.74) is 0. The molecule has 0 aromatic rings. The Morgan fingerprint density at radius 3 is 2.56 bits per heavy atom. The van der Waals surface area contributed by atoms with Crippen molar-refractivity contribution in [2.45, 2.75) is 31.9 Å². The van der Waals surface area contributed by atoms with Crippen molar-refractivity contribution < 1.29 is 5.11 Å². The first-order valence-corrected chi connectivity index (χ1v) is 3.62. The van der Waals surface area contributed by atoms with Crippen LogP contribution in [0.5, 0.6) is 0 Å². The second-order valence-corrected chi connectivity index (χ2v) is 2.89. The highest BCUT2D eigenvalue weighted by Crippen LogP contribution is 2.17. The molecule has 1 saturated heterocycles. The van der Waals surface area contributed by atoms with Crippen LogP contribution in [-0.4, -0.2) is 35.7 Å². The molecular weight excluding hydrogens is 114 g/mol. The molecule has 1 N–H and O–H groups in total. The maximum Gasteiger partial charge on any atom is 0.0682 e. The van der Waals surface area contributed by atoms with Crippen LogP contribution in [0.2, 0.25) is 0 Å². The number of hydrogen-bond acceptors (Lipinski definition) is 2. The normalized spacial score (nSPS) is 37.7. The molecule has 2 nitrogen and oxygen atoms in total. The van der Waals surface area contributed by atoms with Crippen LogP contribution in [0, 0.1) is 0 Å². The van der Waals surface area contributed by atoms with Crippen LogP contribution >= 0.6 is 0 Å².